The van der Waals surface area contributed by atoms with Crippen molar-refractivity contribution < 1.29 is 9.59 Å². The van der Waals surface area contributed by atoms with Crippen molar-refractivity contribution in [3.05, 3.63) is 12.2 Å². The van der Waals surface area contributed by atoms with Gasteiger partial charge >= 0.3 is 6.03 Å². The minimum absolute atomic E-state index is 0.269. The first kappa shape index (κ1) is 20.8. The third-order valence-corrected chi connectivity index (χ3v) is 5.83. The van der Waals surface area contributed by atoms with Gasteiger partial charge in [-0.2, -0.15) is 0 Å². The molecule has 2 aliphatic rings. The van der Waals surface area contributed by atoms with Crippen LogP contribution in [-0.4, -0.2) is 58.5 Å². The van der Waals surface area contributed by atoms with Crippen LogP contribution in [0.3, 0.4) is 0 Å². The normalized spacial score (nSPS) is 22.3. The van der Waals surface area contributed by atoms with Gasteiger partial charge in [0.1, 0.15) is 0 Å². The largest absolute Gasteiger partial charge is 0.332 e. The standard InChI is InChI=1S/C19H32N4O2S/c1-5-6-7-8-9-10-11-12-26-19-20-16-15(23(19)13-14(2)3)17(24)21-18(25)22(16)4/h15-16H,2,5-13H2,1,3-4H3,(H,21,24,25). The molecule has 26 heavy (non-hydrogen) atoms. The molecule has 0 aromatic heterocycles. The molecule has 1 N–H and O–H groups in total. The van der Waals surface area contributed by atoms with Crippen LogP contribution in [-0.2, 0) is 4.79 Å². The summed E-state index contributed by atoms with van der Waals surface area (Å²) in [6, 6.07) is -0.834. The Morgan fingerprint density at radius 3 is 2.50 bits per heavy atom. The molecule has 2 heterocycles. The Labute approximate surface area is 161 Å². The second-order valence-corrected chi connectivity index (χ2v) is 8.29. The quantitative estimate of drug-likeness (QED) is 0.465. The third kappa shape index (κ3) is 5.25. The van der Waals surface area contributed by atoms with E-state index in [1.807, 2.05) is 11.8 Å². The van der Waals surface area contributed by atoms with E-state index in [1.54, 1.807) is 18.8 Å². The molecule has 1 saturated heterocycles. The van der Waals surface area contributed by atoms with E-state index >= 15 is 0 Å². The maximum atomic E-state index is 12.4. The zero-order chi connectivity index (χ0) is 19.1. The van der Waals surface area contributed by atoms with E-state index in [2.05, 4.69) is 18.8 Å². The minimum atomic E-state index is -0.453. The number of carbonyl (C=O) groups excluding carboxylic acids is 2. The molecular weight excluding hydrogens is 348 g/mol. The van der Waals surface area contributed by atoms with Gasteiger partial charge < -0.3 is 9.80 Å². The smallest absolute Gasteiger partial charge is 0.325 e. The molecule has 0 aliphatic carbocycles. The molecular formula is C19H32N4O2S. The van der Waals surface area contributed by atoms with Crippen molar-refractivity contribution >= 4 is 28.9 Å². The number of nitrogens with one attached hydrogen (secondary N) is 1. The summed E-state index contributed by atoms with van der Waals surface area (Å²) in [6.07, 6.45) is 8.49. The Morgan fingerprint density at radius 2 is 1.85 bits per heavy atom. The maximum Gasteiger partial charge on any atom is 0.325 e. The molecule has 2 unspecified atom stereocenters. The fourth-order valence-corrected chi connectivity index (χ4v) is 4.36. The number of rotatable bonds is 10. The van der Waals surface area contributed by atoms with Crippen LogP contribution in [0.1, 0.15) is 58.8 Å². The molecule has 146 valence electrons. The highest BCUT2D eigenvalue weighted by atomic mass is 32.2. The van der Waals surface area contributed by atoms with E-state index in [9.17, 15) is 9.59 Å². The number of unbranched alkanes of at least 4 members (excludes halogenated alkanes) is 6. The van der Waals surface area contributed by atoms with Gasteiger partial charge in [-0.25, -0.2) is 9.79 Å². The van der Waals surface area contributed by atoms with Gasteiger partial charge in [-0.3, -0.25) is 10.1 Å². The van der Waals surface area contributed by atoms with Gasteiger partial charge in [0.25, 0.3) is 5.91 Å². The van der Waals surface area contributed by atoms with Crippen molar-refractivity contribution in [3.63, 3.8) is 0 Å². The molecule has 2 rings (SSSR count). The number of thioether (sulfide) groups is 1. The van der Waals surface area contributed by atoms with Gasteiger partial charge in [0.2, 0.25) is 0 Å². The second kappa shape index (κ2) is 10.00. The third-order valence-electron chi connectivity index (χ3n) is 4.74. The zero-order valence-electron chi connectivity index (χ0n) is 16.3. The molecule has 6 nitrogen and oxygen atoms in total. The van der Waals surface area contributed by atoms with Crippen molar-refractivity contribution in [2.45, 2.75) is 71.0 Å². The lowest BCUT2D eigenvalue weighted by Gasteiger charge is -2.36. The Morgan fingerprint density at radius 1 is 1.19 bits per heavy atom. The average molecular weight is 381 g/mol. The molecule has 0 spiro atoms. The first-order chi connectivity index (χ1) is 12.5. The van der Waals surface area contributed by atoms with Crippen LogP contribution in [0.15, 0.2) is 17.1 Å². The number of nitrogens with zero attached hydrogens (tertiary/aromatic N) is 3. The summed E-state index contributed by atoms with van der Waals surface area (Å²) in [5.74, 6) is 0.715. The van der Waals surface area contributed by atoms with Gasteiger partial charge in [-0.1, -0.05) is 69.4 Å². The van der Waals surface area contributed by atoms with E-state index < -0.39 is 12.2 Å². The van der Waals surface area contributed by atoms with Crippen LogP contribution in [0.4, 0.5) is 4.79 Å². The molecule has 0 aromatic rings. The summed E-state index contributed by atoms with van der Waals surface area (Å²) in [6.45, 7) is 8.74. The molecule has 1 fully saturated rings. The van der Waals surface area contributed by atoms with E-state index in [0.717, 1.165) is 22.9 Å². The predicted molar refractivity (Wildman–Crippen MR) is 108 cm³/mol. The minimum Gasteiger partial charge on any atom is -0.332 e. The Balaban J connectivity index is 1.89. The van der Waals surface area contributed by atoms with Crippen LogP contribution in [0, 0.1) is 0 Å². The SMILES string of the molecule is C=C(C)CN1C(SCCCCCCCCC)=NC2C1C(=O)NC(=O)N2C. The summed E-state index contributed by atoms with van der Waals surface area (Å²) in [5.41, 5.74) is 0.974. The summed E-state index contributed by atoms with van der Waals surface area (Å²) >= 11 is 1.69. The van der Waals surface area contributed by atoms with Gasteiger partial charge in [0.15, 0.2) is 17.4 Å². The highest BCUT2D eigenvalue weighted by Crippen LogP contribution is 2.29. The first-order valence-electron chi connectivity index (χ1n) is 9.65. The number of hydrogen-bond acceptors (Lipinski definition) is 5. The number of hydrogen-bond donors (Lipinski definition) is 1. The van der Waals surface area contributed by atoms with E-state index in [0.29, 0.717) is 6.54 Å². The zero-order valence-corrected chi connectivity index (χ0v) is 17.1. The average Bonchev–Trinajstić information content (AvgIpc) is 2.93. The Hall–Kier alpha value is -1.50. The number of fused-ring (bicyclic) bond motifs is 1. The Kier molecular flexibility index (Phi) is 8.00. The van der Waals surface area contributed by atoms with Crippen molar-refractivity contribution in [1.82, 2.24) is 15.1 Å². The fraction of sp³-hybridized carbons (Fsp3) is 0.737. The van der Waals surface area contributed by atoms with Crippen LogP contribution >= 0.6 is 11.8 Å². The molecule has 0 radical (unpaired) electrons. The molecule has 7 heteroatoms. The lowest BCUT2D eigenvalue weighted by molar-refractivity contribution is -0.126. The van der Waals surface area contributed by atoms with Crippen molar-refractivity contribution in [3.8, 4) is 0 Å². The van der Waals surface area contributed by atoms with Gasteiger partial charge in [0.05, 0.1) is 0 Å². The summed E-state index contributed by atoms with van der Waals surface area (Å²) in [5, 5.41) is 3.27. The molecule has 0 saturated carbocycles. The lowest BCUT2D eigenvalue weighted by Crippen LogP contribution is -2.63. The summed E-state index contributed by atoms with van der Waals surface area (Å²) in [7, 11) is 1.69. The van der Waals surface area contributed by atoms with Crippen LogP contribution in [0.25, 0.3) is 0 Å². The molecule has 2 aliphatic heterocycles. The number of amides is 3. The predicted octanol–water partition coefficient (Wildman–Crippen LogP) is 3.59. The monoisotopic (exact) mass is 380 g/mol. The van der Waals surface area contributed by atoms with Crippen LogP contribution in [0.5, 0.6) is 0 Å². The summed E-state index contributed by atoms with van der Waals surface area (Å²) < 4.78 is 0. The topological polar surface area (TPSA) is 65.0 Å². The van der Waals surface area contributed by atoms with Gasteiger partial charge in [0, 0.05) is 19.3 Å². The second-order valence-electron chi connectivity index (χ2n) is 7.23. The van der Waals surface area contributed by atoms with Gasteiger partial charge in [-0.15, -0.1) is 0 Å². The molecule has 0 bridgehead atoms. The first-order valence-corrected chi connectivity index (χ1v) is 10.6. The number of aliphatic imine (C=N–C) groups is 1. The van der Waals surface area contributed by atoms with E-state index in [4.69, 9.17) is 4.99 Å². The number of amidine groups is 1. The summed E-state index contributed by atoms with van der Waals surface area (Å²) in [4.78, 5) is 32.4. The number of likely N-dealkylation sites (N-methyl/N-ethyl adjacent to an activating group) is 1. The van der Waals surface area contributed by atoms with Crippen LogP contribution < -0.4 is 5.32 Å². The molecule has 3 amide bonds. The number of carbonyl (C=O) groups is 2. The highest BCUT2D eigenvalue weighted by molar-refractivity contribution is 8.13. The highest BCUT2D eigenvalue weighted by Gasteiger charge is 2.48. The number of imide groups is 1. The van der Waals surface area contributed by atoms with Crippen LogP contribution in [0.2, 0.25) is 0 Å². The number of urea groups is 1. The van der Waals surface area contributed by atoms with E-state index in [1.165, 1.54) is 43.4 Å². The van der Waals surface area contributed by atoms with Crippen molar-refractivity contribution in [2.24, 2.45) is 4.99 Å². The van der Waals surface area contributed by atoms with E-state index in [-0.39, 0.29) is 11.9 Å². The van der Waals surface area contributed by atoms with Gasteiger partial charge in [-0.05, 0) is 13.3 Å². The lowest BCUT2D eigenvalue weighted by atomic mass is 10.1. The maximum absolute atomic E-state index is 12.4. The Bertz CT molecular complexity index is 564. The molecule has 2 atom stereocenters. The fourth-order valence-electron chi connectivity index (χ4n) is 3.30. The van der Waals surface area contributed by atoms with Crippen molar-refractivity contribution in [2.75, 3.05) is 19.3 Å². The van der Waals surface area contributed by atoms with Crippen molar-refractivity contribution in [1.29, 1.82) is 0 Å². The molecule has 0 aromatic carbocycles.